The van der Waals surface area contributed by atoms with Crippen molar-refractivity contribution in [1.82, 2.24) is 9.97 Å². The molecule has 3 N–H and O–H groups in total. The van der Waals surface area contributed by atoms with E-state index in [1.54, 1.807) is 12.5 Å². The fourth-order valence-electron chi connectivity index (χ4n) is 1.37. The molecule has 1 rings (SSSR count). The Morgan fingerprint density at radius 1 is 1.62 bits per heavy atom. The highest BCUT2D eigenvalue weighted by Crippen LogP contribution is 2.20. The first-order valence-electron chi connectivity index (χ1n) is 5.07. The first-order valence-corrected chi connectivity index (χ1v) is 6.15. The summed E-state index contributed by atoms with van der Waals surface area (Å²) in [5.74, 6) is 1.11. The quantitative estimate of drug-likeness (QED) is 0.488. The Kier molecular flexibility index (Phi) is 4.91. The molecule has 0 aliphatic carbocycles. The number of halogens is 1. The van der Waals surface area contributed by atoms with Crippen LogP contribution < -0.4 is 10.6 Å². The van der Waals surface area contributed by atoms with Gasteiger partial charge in [-0.25, -0.2) is 9.97 Å². The van der Waals surface area contributed by atoms with Gasteiger partial charge in [-0.2, -0.15) is 0 Å². The van der Waals surface area contributed by atoms with Gasteiger partial charge in [0.2, 0.25) is 0 Å². The van der Waals surface area contributed by atoms with Crippen molar-refractivity contribution in [2.24, 2.45) is 5.73 Å². The number of hydrogen-bond acceptors (Lipinski definition) is 4. The van der Waals surface area contributed by atoms with Gasteiger partial charge < -0.3 is 10.6 Å². The van der Waals surface area contributed by atoms with E-state index in [0.717, 1.165) is 9.39 Å². The van der Waals surface area contributed by atoms with Gasteiger partial charge in [-0.3, -0.25) is 5.41 Å². The maximum absolute atomic E-state index is 7.26. The van der Waals surface area contributed by atoms with Crippen LogP contribution in [0.3, 0.4) is 0 Å². The second-order valence-electron chi connectivity index (χ2n) is 3.76. The molecule has 6 heteroatoms. The summed E-state index contributed by atoms with van der Waals surface area (Å²) in [6.45, 7) is 4.90. The Morgan fingerprint density at radius 2 is 2.31 bits per heavy atom. The lowest BCUT2D eigenvalue weighted by molar-refractivity contribution is 0.676. The number of aromatic nitrogens is 2. The molecular formula is C10H16IN5. The summed E-state index contributed by atoms with van der Waals surface area (Å²) in [4.78, 5) is 10.4. The summed E-state index contributed by atoms with van der Waals surface area (Å²) in [6, 6.07) is 0.322. The van der Waals surface area contributed by atoms with Crippen molar-refractivity contribution in [3.8, 4) is 0 Å². The number of amidine groups is 1. The van der Waals surface area contributed by atoms with E-state index in [1.807, 2.05) is 0 Å². The third-order valence-corrected chi connectivity index (χ3v) is 2.93. The van der Waals surface area contributed by atoms with Crippen LogP contribution in [0.2, 0.25) is 0 Å². The molecule has 0 fully saturated rings. The van der Waals surface area contributed by atoms with E-state index in [4.69, 9.17) is 11.1 Å². The first kappa shape index (κ1) is 13.1. The summed E-state index contributed by atoms with van der Waals surface area (Å²) in [6.07, 6.45) is 3.88. The minimum Gasteiger partial charge on any atom is -0.388 e. The van der Waals surface area contributed by atoms with Crippen LogP contribution in [0, 0.1) is 8.98 Å². The Balaban J connectivity index is 2.85. The highest BCUT2D eigenvalue weighted by Gasteiger charge is 2.14. The average molecular weight is 333 g/mol. The molecule has 0 aliphatic rings. The molecule has 0 aromatic carbocycles. The van der Waals surface area contributed by atoms with Gasteiger partial charge in [0.05, 0.1) is 9.41 Å². The van der Waals surface area contributed by atoms with Crippen LogP contribution in [0.15, 0.2) is 12.5 Å². The van der Waals surface area contributed by atoms with Gasteiger partial charge in [-0.1, -0.05) is 0 Å². The molecule has 16 heavy (non-hydrogen) atoms. The topological polar surface area (TPSA) is 78.9 Å². The molecule has 1 aromatic heterocycles. The van der Waals surface area contributed by atoms with E-state index in [1.165, 1.54) is 0 Å². The van der Waals surface area contributed by atoms with Gasteiger partial charge in [0.15, 0.2) is 0 Å². The SMILES string of the molecule is CC(C)N(CCC(=N)N)c1ncncc1I. The fourth-order valence-corrected chi connectivity index (χ4v) is 1.98. The van der Waals surface area contributed by atoms with E-state index >= 15 is 0 Å². The molecule has 0 spiro atoms. The highest BCUT2D eigenvalue weighted by atomic mass is 127. The third-order valence-electron chi connectivity index (χ3n) is 2.17. The standard InChI is InChI=1S/C10H16IN5/c1-7(2)16(4-3-9(12)13)10-8(11)5-14-6-15-10/h5-7H,3-4H2,1-2H3,(H3,12,13). The van der Waals surface area contributed by atoms with Gasteiger partial charge in [0.1, 0.15) is 12.1 Å². The molecular weight excluding hydrogens is 317 g/mol. The third kappa shape index (κ3) is 3.58. The zero-order valence-electron chi connectivity index (χ0n) is 9.44. The normalized spacial score (nSPS) is 10.5. The molecule has 5 nitrogen and oxygen atoms in total. The molecule has 0 unspecified atom stereocenters. The molecule has 0 saturated carbocycles. The molecule has 0 atom stereocenters. The van der Waals surface area contributed by atoms with Crippen molar-refractivity contribution in [3.63, 3.8) is 0 Å². The number of hydrogen-bond donors (Lipinski definition) is 2. The van der Waals surface area contributed by atoms with Gasteiger partial charge in [-0.05, 0) is 36.4 Å². The van der Waals surface area contributed by atoms with E-state index in [9.17, 15) is 0 Å². The Hall–Kier alpha value is -0.920. The van der Waals surface area contributed by atoms with Crippen molar-refractivity contribution in [1.29, 1.82) is 5.41 Å². The smallest absolute Gasteiger partial charge is 0.145 e. The van der Waals surface area contributed by atoms with Crippen LogP contribution in [0.1, 0.15) is 20.3 Å². The summed E-state index contributed by atoms with van der Waals surface area (Å²) >= 11 is 2.21. The van der Waals surface area contributed by atoms with E-state index < -0.39 is 0 Å². The average Bonchev–Trinajstić information content (AvgIpc) is 2.20. The predicted molar refractivity (Wildman–Crippen MR) is 73.8 cm³/mol. The molecule has 0 bridgehead atoms. The second kappa shape index (κ2) is 5.97. The number of nitrogens with one attached hydrogen (secondary N) is 1. The van der Waals surface area contributed by atoms with Crippen LogP contribution in [-0.2, 0) is 0 Å². The summed E-state index contributed by atoms with van der Waals surface area (Å²) in [7, 11) is 0. The Labute approximate surface area is 109 Å². The van der Waals surface area contributed by atoms with Crippen molar-refractivity contribution < 1.29 is 0 Å². The molecule has 0 aliphatic heterocycles. The Morgan fingerprint density at radius 3 is 2.81 bits per heavy atom. The molecule has 88 valence electrons. The summed E-state index contributed by atoms with van der Waals surface area (Å²) in [5, 5.41) is 7.26. The van der Waals surface area contributed by atoms with Crippen molar-refractivity contribution in [3.05, 3.63) is 16.1 Å². The van der Waals surface area contributed by atoms with Gasteiger partial charge in [0.25, 0.3) is 0 Å². The minimum atomic E-state index is 0.203. The van der Waals surface area contributed by atoms with Crippen LogP contribution in [0.4, 0.5) is 5.82 Å². The van der Waals surface area contributed by atoms with Crippen LogP contribution in [0.25, 0.3) is 0 Å². The highest BCUT2D eigenvalue weighted by molar-refractivity contribution is 14.1. The van der Waals surface area contributed by atoms with Crippen LogP contribution in [-0.4, -0.2) is 28.4 Å². The van der Waals surface area contributed by atoms with Gasteiger partial charge in [-0.15, -0.1) is 0 Å². The zero-order chi connectivity index (χ0) is 12.1. The van der Waals surface area contributed by atoms with Crippen LogP contribution in [0.5, 0.6) is 0 Å². The van der Waals surface area contributed by atoms with Crippen LogP contribution >= 0.6 is 22.6 Å². The molecule has 0 radical (unpaired) electrons. The zero-order valence-corrected chi connectivity index (χ0v) is 11.6. The molecule has 1 aromatic rings. The van der Waals surface area contributed by atoms with Crippen molar-refractivity contribution in [2.45, 2.75) is 26.3 Å². The number of nitrogens with two attached hydrogens (primary N) is 1. The number of rotatable bonds is 5. The van der Waals surface area contributed by atoms with Crippen molar-refractivity contribution >= 4 is 34.2 Å². The number of nitrogens with zero attached hydrogens (tertiary/aromatic N) is 3. The minimum absolute atomic E-state index is 0.203. The summed E-state index contributed by atoms with van der Waals surface area (Å²) < 4.78 is 1.01. The second-order valence-corrected chi connectivity index (χ2v) is 4.92. The molecule has 0 amide bonds. The molecule has 1 heterocycles. The van der Waals surface area contributed by atoms with Crippen molar-refractivity contribution in [2.75, 3.05) is 11.4 Å². The van der Waals surface area contributed by atoms with E-state index in [2.05, 4.69) is 51.3 Å². The fraction of sp³-hybridized carbons (Fsp3) is 0.500. The lowest BCUT2D eigenvalue weighted by atomic mass is 10.2. The van der Waals surface area contributed by atoms with E-state index in [-0.39, 0.29) is 5.84 Å². The van der Waals surface area contributed by atoms with E-state index in [0.29, 0.717) is 19.0 Å². The van der Waals surface area contributed by atoms with Gasteiger partial charge >= 0.3 is 0 Å². The monoisotopic (exact) mass is 333 g/mol. The lowest BCUT2D eigenvalue weighted by Crippen LogP contribution is -2.35. The maximum Gasteiger partial charge on any atom is 0.145 e. The maximum atomic E-state index is 7.26. The number of anilines is 1. The largest absolute Gasteiger partial charge is 0.388 e. The lowest BCUT2D eigenvalue weighted by Gasteiger charge is -2.28. The first-order chi connectivity index (χ1) is 7.52. The summed E-state index contributed by atoms with van der Waals surface area (Å²) in [5.41, 5.74) is 5.38. The van der Waals surface area contributed by atoms with Gasteiger partial charge in [0, 0.05) is 25.2 Å². The Bertz CT molecular complexity index is 366. The predicted octanol–water partition coefficient (Wildman–Crippen LogP) is 1.62. The molecule has 0 saturated heterocycles.